The Kier molecular flexibility index (Phi) is 5.53. The lowest BCUT2D eigenvalue weighted by atomic mass is 10.1. The van der Waals surface area contributed by atoms with E-state index in [1.807, 2.05) is 44.2 Å². The lowest BCUT2D eigenvalue weighted by molar-refractivity contribution is -0.153. The quantitative estimate of drug-likeness (QED) is 0.620. The maximum atomic E-state index is 9.93. The van der Waals surface area contributed by atoms with Crippen LogP contribution in [0.3, 0.4) is 0 Å². The first-order valence-electron chi connectivity index (χ1n) is 7.30. The van der Waals surface area contributed by atoms with Crippen LogP contribution >= 0.6 is 0 Å². The van der Waals surface area contributed by atoms with E-state index in [9.17, 15) is 5.11 Å². The van der Waals surface area contributed by atoms with Crippen molar-refractivity contribution < 1.29 is 19.3 Å². The molecule has 0 amide bonds. The Morgan fingerprint density at radius 2 is 2.05 bits per heavy atom. The molecule has 4 nitrogen and oxygen atoms in total. The summed E-state index contributed by atoms with van der Waals surface area (Å²) < 4.78 is 17.2. The van der Waals surface area contributed by atoms with E-state index in [1.165, 1.54) is 6.08 Å². The van der Waals surface area contributed by atoms with Gasteiger partial charge in [-0.2, -0.15) is 0 Å². The molecule has 1 heterocycles. The molecular weight excluding hydrogens is 268 g/mol. The summed E-state index contributed by atoms with van der Waals surface area (Å²) in [6, 6.07) is 10.0. The van der Waals surface area contributed by atoms with E-state index in [0.717, 1.165) is 5.56 Å². The smallest absolute Gasteiger partial charge is 0.163 e. The van der Waals surface area contributed by atoms with Crippen molar-refractivity contribution in [1.29, 1.82) is 0 Å². The molecule has 0 spiro atoms. The Balaban J connectivity index is 1.79. The molecule has 1 unspecified atom stereocenters. The molecule has 4 heteroatoms. The van der Waals surface area contributed by atoms with Gasteiger partial charge >= 0.3 is 0 Å². The normalized spacial score (nSPS) is 25.7. The first-order chi connectivity index (χ1) is 10.0. The van der Waals surface area contributed by atoms with Crippen molar-refractivity contribution in [2.24, 2.45) is 0 Å². The van der Waals surface area contributed by atoms with Gasteiger partial charge < -0.3 is 19.3 Å². The highest BCUT2D eigenvalue weighted by molar-refractivity contribution is 5.13. The third-order valence-electron chi connectivity index (χ3n) is 3.46. The SMILES string of the molecule is C=CC(O)[C@@H]1OC(C)(C)O[C@@H]1CCOCc1ccccc1. The Labute approximate surface area is 126 Å². The summed E-state index contributed by atoms with van der Waals surface area (Å²) in [6.45, 7) is 8.43. The van der Waals surface area contributed by atoms with Crippen molar-refractivity contribution in [3.8, 4) is 0 Å². The van der Waals surface area contributed by atoms with E-state index in [4.69, 9.17) is 14.2 Å². The molecule has 1 aromatic carbocycles. The van der Waals surface area contributed by atoms with Crippen molar-refractivity contribution in [3.05, 3.63) is 48.6 Å². The maximum absolute atomic E-state index is 9.93. The summed E-state index contributed by atoms with van der Waals surface area (Å²) in [5.41, 5.74) is 1.14. The number of aliphatic hydroxyl groups excluding tert-OH is 1. The molecule has 3 atom stereocenters. The van der Waals surface area contributed by atoms with Gasteiger partial charge in [-0.05, 0) is 25.8 Å². The third-order valence-corrected chi connectivity index (χ3v) is 3.46. The molecule has 1 N–H and O–H groups in total. The number of rotatable bonds is 7. The Hall–Kier alpha value is -1.20. The molecule has 0 saturated carbocycles. The number of aliphatic hydroxyl groups is 1. The summed E-state index contributed by atoms with van der Waals surface area (Å²) in [6.07, 6.45) is 0.839. The molecule has 21 heavy (non-hydrogen) atoms. The average Bonchev–Trinajstić information content (AvgIpc) is 2.79. The van der Waals surface area contributed by atoms with Gasteiger partial charge in [-0.25, -0.2) is 0 Å². The Bertz CT molecular complexity index is 443. The minimum absolute atomic E-state index is 0.191. The van der Waals surface area contributed by atoms with Crippen LogP contribution in [0.2, 0.25) is 0 Å². The first kappa shape index (κ1) is 16.2. The zero-order chi connectivity index (χ0) is 15.3. The van der Waals surface area contributed by atoms with Crippen LogP contribution in [0.15, 0.2) is 43.0 Å². The number of hydrogen-bond donors (Lipinski definition) is 1. The van der Waals surface area contributed by atoms with Crippen LogP contribution < -0.4 is 0 Å². The predicted octanol–water partition coefficient (Wildman–Crippen LogP) is 2.66. The van der Waals surface area contributed by atoms with Crippen LogP contribution in [0.5, 0.6) is 0 Å². The van der Waals surface area contributed by atoms with Crippen molar-refractivity contribution in [3.63, 3.8) is 0 Å². The fourth-order valence-electron chi connectivity index (χ4n) is 2.47. The molecule has 0 aromatic heterocycles. The highest BCUT2D eigenvalue weighted by Crippen LogP contribution is 2.32. The fourth-order valence-corrected chi connectivity index (χ4v) is 2.47. The minimum Gasteiger partial charge on any atom is -0.386 e. The molecule has 0 aliphatic carbocycles. The zero-order valence-corrected chi connectivity index (χ0v) is 12.7. The van der Waals surface area contributed by atoms with Gasteiger partial charge in [-0.1, -0.05) is 36.4 Å². The summed E-state index contributed by atoms with van der Waals surface area (Å²) in [4.78, 5) is 0. The van der Waals surface area contributed by atoms with Crippen molar-refractivity contribution in [1.82, 2.24) is 0 Å². The van der Waals surface area contributed by atoms with Gasteiger partial charge in [0, 0.05) is 6.61 Å². The van der Waals surface area contributed by atoms with Crippen LogP contribution in [0.4, 0.5) is 0 Å². The van der Waals surface area contributed by atoms with Crippen LogP contribution in [-0.4, -0.2) is 35.8 Å². The predicted molar refractivity (Wildman–Crippen MR) is 80.7 cm³/mol. The molecule has 2 rings (SSSR count). The second kappa shape index (κ2) is 7.18. The first-order valence-corrected chi connectivity index (χ1v) is 7.30. The Morgan fingerprint density at radius 1 is 1.33 bits per heavy atom. The second-order valence-electron chi connectivity index (χ2n) is 5.69. The summed E-state index contributed by atoms with van der Waals surface area (Å²) in [5, 5.41) is 9.93. The highest BCUT2D eigenvalue weighted by atomic mass is 16.8. The van der Waals surface area contributed by atoms with Crippen molar-refractivity contribution >= 4 is 0 Å². The molecule has 1 aliphatic rings. The van der Waals surface area contributed by atoms with Crippen LogP contribution in [0.25, 0.3) is 0 Å². The van der Waals surface area contributed by atoms with Crippen molar-refractivity contribution in [2.75, 3.05) is 6.61 Å². The molecule has 1 aromatic rings. The molecule has 1 fully saturated rings. The van der Waals surface area contributed by atoms with E-state index in [-0.39, 0.29) is 6.10 Å². The van der Waals surface area contributed by atoms with Crippen molar-refractivity contribution in [2.45, 2.75) is 51.0 Å². The lowest BCUT2D eigenvalue weighted by Crippen LogP contribution is -2.34. The lowest BCUT2D eigenvalue weighted by Gasteiger charge is -2.19. The zero-order valence-electron chi connectivity index (χ0n) is 12.7. The molecular formula is C17H24O4. The van der Waals surface area contributed by atoms with E-state index < -0.39 is 18.0 Å². The van der Waals surface area contributed by atoms with Gasteiger partial charge in [0.2, 0.25) is 0 Å². The topological polar surface area (TPSA) is 47.9 Å². The second-order valence-corrected chi connectivity index (χ2v) is 5.69. The molecule has 116 valence electrons. The summed E-state index contributed by atoms with van der Waals surface area (Å²) in [7, 11) is 0. The van der Waals surface area contributed by atoms with E-state index in [2.05, 4.69) is 6.58 Å². The molecule has 1 aliphatic heterocycles. The number of hydrogen-bond acceptors (Lipinski definition) is 4. The van der Waals surface area contributed by atoms with Gasteiger partial charge in [0.15, 0.2) is 5.79 Å². The minimum atomic E-state index is -0.731. The van der Waals surface area contributed by atoms with Gasteiger partial charge in [0.25, 0.3) is 0 Å². The van der Waals surface area contributed by atoms with Crippen LogP contribution in [-0.2, 0) is 20.8 Å². The standard InChI is InChI=1S/C17H24O4/c1-4-14(18)16-15(20-17(2,3)21-16)10-11-19-12-13-8-6-5-7-9-13/h4-9,14-16,18H,1,10-12H2,2-3H3/t14?,15-,16+/m1/s1. The average molecular weight is 292 g/mol. The van der Waals surface area contributed by atoms with E-state index in [1.54, 1.807) is 0 Å². The van der Waals surface area contributed by atoms with Gasteiger partial charge in [-0.3, -0.25) is 0 Å². The molecule has 0 bridgehead atoms. The number of benzene rings is 1. The van der Waals surface area contributed by atoms with E-state index in [0.29, 0.717) is 19.6 Å². The molecule has 0 radical (unpaired) electrons. The van der Waals surface area contributed by atoms with Gasteiger partial charge in [0.05, 0.1) is 12.7 Å². The Morgan fingerprint density at radius 3 is 2.71 bits per heavy atom. The summed E-state index contributed by atoms with van der Waals surface area (Å²) in [5.74, 6) is -0.682. The summed E-state index contributed by atoms with van der Waals surface area (Å²) >= 11 is 0. The van der Waals surface area contributed by atoms with Crippen LogP contribution in [0.1, 0.15) is 25.8 Å². The van der Waals surface area contributed by atoms with Crippen LogP contribution in [0, 0.1) is 0 Å². The number of ether oxygens (including phenoxy) is 3. The van der Waals surface area contributed by atoms with Gasteiger partial charge in [-0.15, -0.1) is 6.58 Å². The fraction of sp³-hybridized carbons (Fsp3) is 0.529. The van der Waals surface area contributed by atoms with Gasteiger partial charge in [0.1, 0.15) is 12.2 Å². The largest absolute Gasteiger partial charge is 0.386 e. The maximum Gasteiger partial charge on any atom is 0.163 e. The third kappa shape index (κ3) is 4.64. The highest BCUT2D eigenvalue weighted by Gasteiger charge is 2.43. The monoisotopic (exact) mass is 292 g/mol. The molecule has 1 saturated heterocycles. The van der Waals surface area contributed by atoms with E-state index >= 15 is 0 Å².